The first-order valence-electron chi connectivity index (χ1n) is 2.94. The predicted molar refractivity (Wildman–Crippen MR) is 36.4 cm³/mol. The molecule has 0 unspecified atom stereocenters. The van der Waals surface area contributed by atoms with E-state index in [2.05, 4.69) is 9.78 Å². The van der Waals surface area contributed by atoms with Gasteiger partial charge in [0.25, 0.3) is 0 Å². The van der Waals surface area contributed by atoms with E-state index in [1.807, 2.05) is 24.3 Å². The van der Waals surface area contributed by atoms with Gasteiger partial charge in [0.2, 0.25) is 6.29 Å². The van der Waals surface area contributed by atoms with Crippen LogP contribution in [0.25, 0.3) is 0 Å². The van der Waals surface area contributed by atoms with Crippen LogP contribution in [-0.2, 0) is 9.78 Å². The third kappa shape index (κ3) is 1.14. The molecule has 2 nitrogen and oxygen atoms in total. The van der Waals surface area contributed by atoms with Gasteiger partial charge >= 0.3 is 0 Å². The zero-order valence-electron chi connectivity index (χ0n) is 5.08. The Morgan fingerprint density at radius 3 is 2.20 bits per heavy atom. The number of hydrogen-bond donors (Lipinski definition) is 0. The van der Waals surface area contributed by atoms with Gasteiger partial charge in [-0.3, -0.25) is 0 Å². The van der Waals surface area contributed by atoms with Crippen molar-refractivity contribution in [3.05, 3.63) is 34.9 Å². The molecule has 52 valence electrons. The van der Waals surface area contributed by atoms with Crippen molar-refractivity contribution in [1.82, 2.24) is 0 Å². The molecule has 1 heterocycles. The lowest BCUT2D eigenvalue weighted by atomic mass is 10.2. The van der Waals surface area contributed by atoms with Gasteiger partial charge in [-0.05, 0) is 12.1 Å². The van der Waals surface area contributed by atoms with Crippen molar-refractivity contribution < 1.29 is 9.78 Å². The van der Waals surface area contributed by atoms with E-state index < -0.39 is 0 Å². The van der Waals surface area contributed by atoms with Crippen LogP contribution in [0.15, 0.2) is 24.3 Å². The average molecular weight is 157 g/mol. The normalized spacial score (nSPS) is 17.3. The smallest absolute Gasteiger partial charge is 0.193 e. The number of hydrogen-bond acceptors (Lipinski definition) is 2. The minimum atomic E-state index is -0.155. The second-order valence-corrected chi connectivity index (χ2v) is 2.51. The van der Waals surface area contributed by atoms with Crippen molar-refractivity contribution in [1.29, 1.82) is 0 Å². The van der Waals surface area contributed by atoms with Crippen molar-refractivity contribution >= 4 is 11.6 Å². The molecule has 1 aromatic carbocycles. The Morgan fingerprint density at radius 1 is 1.10 bits per heavy atom. The van der Waals surface area contributed by atoms with Gasteiger partial charge in [-0.15, -0.1) is 0 Å². The first-order valence-corrected chi connectivity index (χ1v) is 3.32. The monoisotopic (exact) mass is 156 g/mol. The van der Waals surface area contributed by atoms with Crippen LogP contribution < -0.4 is 0 Å². The van der Waals surface area contributed by atoms with Gasteiger partial charge in [-0.25, -0.2) is 0 Å². The van der Waals surface area contributed by atoms with Crippen LogP contribution in [0, 0.1) is 0 Å². The molecule has 0 atom stereocenters. The number of halogens is 1. The summed E-state index contributed by atoms with van der Waals surface area (Å²) in [6, 6.07) is 7.36. The quantitative estimate of drug-likeness (QED) is 0.461. The zero-order valence-corrected chi connectivity index (χ0v) is 5.84. The molecule has 3 heteroatoms. The zero-order chi connectivity index (χ0) is 6.97. The van der Waals surface area contributed by atoms with Gasteiger partial charge in [0.15, 0.2) is 0 Å². The summed E-state index contributed by atoms with van der Waals surface area (Å²) in [6.45, 7) is 0. The highest BCUT2D eigenvalue weighted by Gasteiger charge is 2.27. The highest BCUT2D eigenvalue weighted by atomic mass is 35.5. The molecule has 0 radical (unpaired) electrons. The Kier molecular flexibility index (Phi) is 1.38. The molecule has 0 bridgehead atoms. The summed E-state index contributed by atoms with van der Waals surface area (Å²) in [7, 11) is 0. The number of benzene rings is 1. The van der Waals surface area contributed by atoms with Crippen LogP contribution in [0.3, 0.4) is 0 Å². The summed E-state index contributed by atoms with van der Waals surface area (Å²) in [5, 5.41) is 0.726. The van der Waals surface area contributed by atoms with Gasteiger partial charge in [0.05, 0.1) is 0 Å². The van der Waals surface area contributed by atoms with E-state index in [0.29, 0.717) is 0 Å². The van der Waals surface area contributed by atoms with E-state index in [1.165, 1.54) is 0 Å². The van der Waals surface area contributed by atoms with Gasteiger partial charge in [0.1, 0.15) is 0 Å². The molecule has 1 aliphatic heterocycles. The average Bonchev–Trinajstić information content (AvgIpc) is 2.71. The van der Waals surface area contributed by atoms with Gasteiger partial charge < -0.3 is 0 Å². The number of rotatable bonds is 1. The van der Waals surface area contributed by atoms with E-state index in [0.717, 1.165) is 10.6 Å². The Bertz CT molecular complexity index is 228. The molecular formula is C7H5ClO2. The van der Waals surface area contributed by atoms with Crippen LogP contribution in [0.5, 0.6) is 0 Å². The van der Waals surface area contributed by atoms with Gasteiger partial charge in [-0.2, -0.15) is 9.78 Å². The fraction of sp³-hybridized carbons (Fsp3) is 0.143. The predicted octanol–water partition coefficient (Wildman–Crippen LogP) is 2.30. The molecule has 1 aromatic rings. The maximum absolute atomic E-state index is 5.66. The molecular weight excluding hydrogens is 152 g/mol. The summed E-state index contributed by atoms with van der Waals surface area (Å²) in [6.07, 6.45) is -0.155. The molecule has 1 aliphatic rings. The second-order valence-electron chi connectivity index (χ2n) is 2.08. The lowest BCUT2D eigenvalue weighted by molar-refractivity contribution is 0.0850. The highest BCUT2D eigenvalue weighted by Crippen LogP contribution is 2.32. The van der Waals surface area contributed by atoms with Crippen molar-refractivity contribution in [3.63, 3.8) is 0 Å². The SMILES string of the molecule is Clc1ccc(C2OO2)cc1. The Hall–Kier alpha value is -0.570. The first kappa shape index (κ1) is 6.16. The van der Waals surface area contributed by atoms with Crippen LogP contribution in [0.1, 0.15) is 11.9 Å². The van der Waals surface area contributed by atoms with Crippen molar-refractivity contribution in [2.24, 2.45) is 0 Å². The molecule has 0 aliphatic carbocycles. The molecule has 0 aromatic heterocycles. The molecule has 1 fully saturated rings. The summed E-state index contributed by atoms with van der Waals surface area (Å²) in [4.78, 5) is 9.18. The van der Waals surface area contributed by atoms with E-state index >= 15 is 0 Å². The van der Waals surface area contributed by atoms with Gasteiger partial charge in [0, 0.05) is 10.6 Å². The van der Waals surface area contributed by atoms with Crippen molar-refractivity contribution in [3.8, 4) is 0 Å². The van der Waals surface area contributed by atoms with Crippen LogP contribution in [0.2, 0.25) is 5.02 Å². The third-order valence-corrected chi connectivity index (χ3v) is 1.59. The maximum atomic E-state index is 5.66. The first-order chi connectivity index (χ1) is 4.86. The minimum absolute atomic E-state index is 0.155. The topological polar surface area (TPSA) is 25.1 Å². The second kappa shape index (κ2) is 2.23. The van der Waals surface area contributed by atoms with Crippen molar-refractivity contribution in [2.45, 2.75) is 6.29 Å². The van der Waals surface area contributed by atoms with Crippen LogP contribution >= 0.6 is 11.6 Å². The summed E-state index contributed by atoms with van der Waals surface area (Å²) >= 11 is 5.66. The van der Waals surface area contributed by atoms with E-state index in [-0.39, 0.29) is 6.29 Å². The fourth-order valence-electron chi connectivity index (χ4n) is 0.759. The van der Waals surface area contributed by atoms with E-state index in [1.54, 1.807) is 0 Å². The fourth-order valence-corrected chi connectivity index (χ4v) is 0.885. The van der Waals surface area contributed by atoms with Crippen LogP contribution in [0.4, 0.5) is 0 Å². The Labute approximate surface area is 63.3 Å². The standard InChI is InChI=1S/C7H5ClO2/c8-6-3-1-5(2-4-6)7-9-10-7/h1-4,7H. The highest BCUT2D eigenvalue weighted by molar-refractivity contribution is 6.30. The maximum Gasteiger partial charge on any atom is 0.249 e. The molecule has 0 amide bonds. The Morgan fingerprint density at radius 2 is 1.70 bits per heavy atom. The molecule has 0 N–H and O–H groups in total. The molecule has 1 saturated heterocycles. The lowest BCUT2D eigenvalue weighted by Gasteiger charge is -1.90. The largest absolute Gasteiger partial charge is 0.249 e. The Balaban J connectivity index is 2.28. The minimum Gasteiger partial charge on any atom is -0.193 e. The summed E-state index contributed by atoms with van der Waals surface area (Å²) < 4.78 is 0. The molecule has 10 heavy (non-hydrogen) atoms. The lowest BCUT2D eigenvalue weighted by Crippen LogP contribution is -1.76. The van der Waals surface area contributed by atoms with Crippen molar-refractivity contribution in [2.75, 3.05) is 0 Å². The molecule has 2 rings (SSSR count). The molecule has 0 spiro atoms. The third-order valence-electron chi connectivity index (χ3n) is 1.33. The summed E-state index contributed by atoms with van der Waals surface area (Å²) in [5.74, 6) is 0. The summed E-state index contributed by atoms with van der Waals surface area (Å²) in [5.41, 5.74) is 1.00. The van der Waals surface area contributed by atoms with Gasteiger partial charge in [-0.1, -0.05) is 23.7 Å². The molecule has 0 saturated carbocycles. The van der Waals surface area contributed by atoms with Crippen LogP contribution in [-0.4, -0.2) is 0 Å². The van der Waals surface area contributed by atoms with E-state index in [4.69, 9.17) is 11.6 Å². The van der Waals surface area contributed by atoms with E-state index in [9.17, 15) is 0 Å².